The Kier molecular flexibility index (Phi) is 4.66. The molecule has 100 valence electrons. The molecule has 18 heavy (non-hydrogen) atoms. The van der Waals surface area contributed by atoms with Crippen molar-refractivity contribution in [2.24, 2.45) is 5.73 Å². The summed E-state index contributed by atoms with van der Waals surface area (Å²) in [5.74, 6) is -0.928. The van der Waals surface area contributed by atoms with Crippen LogP contribution in [0.5, 0.6) is 0 Å². The summed E-state index contributed by atoms with van der Waals surface area (Å²) in [6.45, 7) is -0.635. The van der Waals surface area contributed by atoms with E-state index in [9.17, 15) is 17.6 Å². The van der Waals surface area contributed by atoms with Crippen molar-refractivity contribution in [3.8, 4) is 0 Å². The fourth-order valence-electron chi connectivity index (χ4n) is 1.30. The maximum Gasteiger partial charge on any atom is 0.391 e. The number of alkyl halides is 3. The zero-order chi connectivity index (χ0) is 13.8. The van der Waals surface area contributed by atoms with E-state index in [-0.39, 0.29) is 18.0 Å². The Labute approximate surface area is 101 Å². The van der Waals surface area contributed by atoms with E-state index in [1.807, 2.05) is 0 Å². The first kappa shape index (κ1) is 14.4. The van der Waals surface area contributed by atoms with Gasteiger partial charge in [-0.1, -0.05) is 6.07 Å². The van der Waals surface area contributed by atoms with Crippen molar-refractivity contribution in [3.63, 3.8) is 0 Å². The summed E-state index contributed by atoms with van der Waals surface area (Å²) in [4.78, 5) is 0. The summed E-state index contributed by atoms with van der Waals surface area (Å²) in [5, 5.41) is 7.23. The highest BCUT2D eigenvalue weighted by molar-refractivity contribution is 5.96. The van der Waals surface area contributed by atoms with Crippen LogP contribution in [0.2, 0.25) is 0 Å². The van der Waals surface area contributed by atoms with Crippen LogP contribution in [0.15, 0.2) is 18.2 Å². The standard InChI is InChI=1S/C11H12F4N2O/c12-8-2-1-7(9(5-8)10(16)17)6-18-4-3-11(13,14)15/h1-2,5H,3-4,6H2,(H3,16,17). The number of nitrogens with one attached hydrogen (secondary N) is 1. The van der Waals surface area contributed by atoms with Gasteiger partial charge >= 0.3 is 6.18 Å². The van der Waals surface area contributed by atoms with Gasteiger partial charge in [-0.05, 0) is 17.7 Å². The summed E-state index contributed by atoms with van der Waals surface area (Å²) in [6, 6.07) is 3.51. The van der Waals surface area contributed by atoms with Gasteiger partial charge in [-0.2, -0.15) is 13.2 Å². The molecule has 0 radical (unpaired) electrons. The summed E-state index contributed by atoms with van der Waals surface area (Å²) in [5.41, 5.74) is 5.75. The molecule has 0 saturated heterocycles. The lowest BCUT2D eigenvalue weighted by Crippen LogP contribution is -2.16. The van der Waals surface area contributed by atoms with Gasteiger partial charge in [-0.15, -0.1) is 0 Å². The molecule has 0 aromatic heterocycles. The first-order chi connectivity index (χ1) is 8.29. The smallest absolute Gasteiger partial charge is 0.384 e. The molecule has 0 atom stereocenters. The van der Waals surface area contributed by atoms with Crippen molar-refractivity contribution < 1.29 is 22.3 Å². The molecule has 0 aliphatic carbocycles. The molecule has 0 bridgehead atoms. The van der Waals surface area contributed by atoms with E-state index in [0.29, 0.717) is 5.56 Å². The number of nitrogens with two attached hydrogens (primary N) is 1. The second kappa shape index (κ2) is 5.81. The van der Waals surface area contributed by atoms with Crippen molar-refractivity contribution in [2.75, 3.05) is 6.61 Å². The molecule has 0 unspecified atom stereocenters. The minimum absolute atomic E-state index is 0.127. The number of hydrogen-bond acceptors (Lipinski definition) is 2. The Bertz CT molecular complexity index is 432. The van der Waals surface area contributed by atoms with E-state index in [2.05, 4.69) is 0 Å². The van der Waals surface area contributed by atoms with Gasteiger partial charge in [0.25, 0.3) is 0 Å². The van der Waals surface area contributed by atoms with Crippen LogP contribution in [0.4, 0.5) is 17.6 Å². The first-order valence-electron chi connectivity index (χ1n) is 5.07. The van der Waals surface area contributed by atoms with E-state index < -0.39 is 25.0 Å². The number of ether oxygens (including phenoxy) is 1. The van der Waals surface area contributed by atoms with Gasteiger partial charge in [-0.3, -0.25) is 5.41 Å². The van der Waals surface area contributed by atoms with E-state index >= 15 is 0 Å². The maximum absolute atomic E-state index is 12.9. The Morgan fingerprint density at radius 1 is 1.33 bits per heavy atom. The van der Waals surface area contributed by atoms with Crippen LogP contribution in [-0.2, 0) is 11.3 Å². The second-order valence-corrected chi connectivity index (χ2v) is 3.63. The zero-order valence-corrected chi connectivity index (χ0v) is 9.35. The molecule has 7 heteroatoms. The predicted molar refractivity (Wildman–Crippen MR) is 57.7 cm³/mol. The predicted octanol–water partition coefficient (Wildman–Crippen LogP) is 2.58. The molecule has 0 aliphatic heterocycles. The highest BCUT2D eigenvalue weighted by Gasteiger charge is 2.26. The third kappa shape index (κ3) is 4.70. The van der Waals surface area contributed by atoms with E-state index in [1.165, 1.54) is 6.07 Å². The minimum atomic E-state index is -4.27. The Balaban J connectivity index is 2.59. The number of halogens is 4. The fraction of sp³-hybridized carbons (Fsp3) is 0.364. The quantitative estimate of drug-likeness (QED) is 0.371. The number of rotatable bonds is 5. The van der Waals surface area contributed by atoms with Crippen molar-refractivity contribution in [1.29, 1.82) is 5.41 Å². The van der Waals surface area contributed by atoms with Crippen LogP contribution in [0, 0.1) is 11.2 Å². The third-order valence-corrected chi connectivity index (χ3v) is 2.15. The van der Waals surface area contributed by atoms with Gasteiger partial charge < -0.3 is 10.5 Å². The van der Waals surface area contributed by atoms with Crippen LogP contribution in [0.25, 0.3) is 0 Å². The van der Waals surface area contributed by atoms with Crippen LogP contribution < -0.4 is 5.73 Å². The molecule has 0 amide bonds. The Morgan fingerprint density at radius 2 is 2.00 bits per heavy atom. The van der Waals surface area contributed by atoms with Crippen molar-refractivity contribution in [2.45, 2.75) is 19.2 Å². The molecule has 0 fully saturated rings. The molecule has 0 aliphatic rings. The highest BCUT2D eigenvalue weighted by atomic mass is 19.4. The van der Waals surface area contributed by atoms with Gasteiger partial charge in [0.15, 0.2) is 0 Å². The SMILES string of the molecule is N=C(N)c1cc(F)ccc1COCCC(F)(F)F. The van der Waals surface area contributed by atoms with Crippen LogP contribution in [0.3, 0.4) is 0 Å². The maximum atomic E-state index is 12.9. The summed E-state index contributed by atoms with van der Waals surface area (Å²) in [7, 11) is 0. The molecular formula is C11H12F4N2O. The van der Waals surface area contributed by atoms with Gasteiger partial charge in [0.2, 0.25) is 0 Å². The van der Waals surface area contributed by atoms with E-state index in [0.717, 1.165) is 12.1 Å². The largest absolute Gasteiger partial charge is 0.391 e. The lowest BCUT2D eigenvalue weighted by atomic mass is 10.1. The van der Waals surface area contributed by atoms with Crippen LogP contribution in [-0.4, -0.2) is 18.6 Å². The molecule has 1 rings (SSSR count). The molecule has 0 heterocycles. The molecule has 3 nitrogen and oxygen atoms in total. The van der Waals surface area contributed by atoms with Crippen LogP contribution >= 0.6 is 0 Å². The fourth-order valence-corrected chi connectivity index (χ4v) is 1.30. The van der Waals surface area contributed by atoms with E-state index in [1.54, 1.807) is 0 Å². The minimum Gasteiger partial charge on any atom is -0.384 e. The first-order valence-corrected chi connectivity index (χ1v) is 5.07. The molecular weight excluding hydrogens is 252 g/mol. The zero-order valence-electron chi connectivity index (χ0n) is 9.35. The van der Waals surface area contributed by atoms with Gasteiger partial charge in [0.1, 0.15) is 11.7 Å². The second-order valence-electron chi connectivity index (χ2n) is 3.63. The van der Waals surface area contributed by atoms with Crippen molar-refractivity contribution >= 4 is 5.84 Å². The molecule has 3 N–H and O–H groups in total. The number of benzene rings is 1. The van der Waals surface area contributed by atoms with Crippen molar-refractivity contribution in [3.05, 3.63) is 35.1 Å². The van der Waals surface area contributed by atoms with Crippen LogP contribution in [0.1, 0.15) is 17.5 Å². The average Bonchev–Trinajstić information content (AvgIpc) is 2.24. The molecule has 0 spiro atoms. The normalized spacial score (nSPS) is 11.6. The van der Waals surface area contributed by atoms with Gasteiger partial charge in [0.05, 0.1) is 19.6 Å². The lowest BCUT2D eigenvalue weighted by molar-refractivity contribution is -0.146. The summed E-state index contributed by atoms with van der Waals surface area (Å²) < 4.78 is 53.3. The lowest BCUT2D eigenvalue weighted by Gasteiger charge is -2.10. The topological polar surface area (TPSA) is 59.1 Å². The molecule has 1 aromatic rings. The Hall–Kier alpha value is -1.63. The van der Waals surface area contributed by atoms with Gasteiger partial charge in [0, 0.05) is 5.56 Å². The third-order valence-electron chi connectivity index (χ3n) is 2.15. The monoisotopic (exact) mass is 264 g/mol. The van der Waals surface area contributed by atoms with E-state index in [4.69, 9.17) is 15.9 Å². The summed E-state index contributed by atoms with van der Waals surface area (Å²) in [6.07, 6.45) is -5.32. The molecule has 0 saturated carbocycles. The van der Waals surface area contributed by atoms with Gasteiger partial charge in [-0.25, -0.2) is 4.39 Å². The average molecular weight is 264 g/mol. The molecule has 1 aromatic carbocycles. The number of amidine groups is 1. The number of nitrogen functional groups attached to an aromatic ring is 1. The highest BCUT2D eigenvalue weighted by Crippen LogP contribution is 2.19. The summed E-state index contributed by atoms with van der Waals surface area (Å²) >= 11 is 0. The number of hydrogen-bond donors (Lipinski definition) is 2. The Morgan fingerprint density at radius 3 is 2.56 bits per heavy atom. The van der Waals surface area contributed by atoms with Crippen molar-refractivity contribution in [1.82, 2.24) is 0 Å².